The number of carbonyl (C=O) groups excluding carboxylic acids is 1. The Morgan fingerprint density at radius 3 is 2.61 bits per heavy atom. The second-order valence-corrected chi connectivity index (χ2v) is 8.98. The van der Waals surface area contributed by atoms with Gasteiger partial charge in [-0.2, -0.15) is 0 Å². The second kappa shape index (κ2) is 8.70. The van der Waals surface area contributed by atoms with Crippen LogP contribution in [-0.4, -0.2) is 49.5 Å². The van der Waals surface area contributed by atoms with E-state index in [4.69, 9.17) is 4.74 Å². The van der Waals surface area contributed by atoms with Gasteiger partial charge in [-0.25, -0.2) is 0 Å². The molecule has 5 rings (SSSR count). The molecule has 0 bridgehead atoms. The Kier molecular flexibility index (Phi) is 5.63. The maximum atomic E-state index is 13.1. The summed E-state index contributed by atoms with van der Waals surface area (Å²) in [7, 11) is 1.66. The molecule has 3 aromatic rings. The van der Waals surface area contributed by atoms with Gasteiger partial charge in [0.1, 0.15) is 5.75 Å². The van der Waals surface area contributed by atoms with Gasteiger partial charge in [-0.05, 0) is 55.5 Å². The van der Waals surface area contributed by atoms with Gasteiger partial charge in [0, 0.05) is 36.6 Å². The number of nitrogens with zero attached hydrogens (tertiary/aromatic N) is 5. The zero-order valence-corrected chi connectivity index (χ0v) is 18.3. The molecule has 2 saturated carbocycles. The van der Waals surface area contributed by atoms with Crippen LogP contribution in [-0.2, 0) is 11.3 Å². The number of carbonyl (C=O) groups is 1. The van der Waals surface area contributed by atoms with Gasteiger partial charge < -0.3 is 9.64 Å². The lowest BCUT2D eigenvalue weighted by Crippen LogP contribution is -2.34. The van der Waals surface area contributed by atoms with Crippen LogP contribution in [0.5, 0.6) is 5.75 Å². The Hall–Kier alpha value is -2.87. The maximum absolute atomic E-state index is 13.1. The van der Waals surface area contributed by atoms with Crippen LogP contribution >= 0.6 is 11.8 Å². The molecule has 0 radical (unpaired) electrons. The highest BCUT2D eigenvalue weighted by Gasteiger charge is 2.34. The van der Waals surface area contributed by atoms with Crippen molar-refractivity contribution in [3.63, 3.8) is 0 Å². The van der Waals surface area contributed by atoms with Gasteiger partial charge in [0.05, 0.1) is 12.9 Å². The molecule has 0 unspecified atom stereocenters. The summed E-state index contributed by atoms with van der Waals surface area (Å²) < 4.78 is 7.42. The van der Waals surface area contributed by atoms with E-state index in [1.807, 2.05) is 47.5 Å². The molecule has 2 fully saturated rings. The molecule has 0 N–H and O–H groups in total. The number of hydrogen-bond acceptors (Lipinski definition) is 6. The van der Waals surface area contributed by atoms with Gasteiger partial charge in [-0.1, -0.05) is 23.9 Å². The van der Waals surface area contributed by atoms with Crippen molar-refractivity contribution in [2.75, 3.05) is 12.9 Å². The minimum absolute atomic E-state index is 0.150. The standard InChI is InChI=1S/C23H25N5O2S/c1-30-20-10-4-16(5-11-20)14-27(18-6-7-18)21(29)15-31-23-26-25-22(28(23)19-8-9-19)17-3-2-12-24-13-17/h2-5,10-13,18-19H,6-9,14-15H2,1H3. The average molecular weight is 436 g/mol. The van der Waals surface area contributed by atoms with Crippen molar-refractivity contribution in [1.29, 1.82) is 0 Å². The van der Waals surface area contributed by atoms with Crippen LogP contribution in [0.4, 0.5) is 0 Å². The molecular formula is C23H25N5O2S. The summed E-state index contributed by atoms with van der Waals surface area (Å²) in [4.78, 5) is 19.3. The minimum Gasteiger partial charge on any atom is -0.497 e. The van der Waals surface area contributed by atoms with Gasteiger partial charge in [0.15, 0.2) is 11.0 Å². The van der Waals surface area contributed by atoms with Gasteiger partial charge >= 0.3 is 0 Å². The summed E-state index contributed by atoms with van der Waals surface area (Å²) in [5.74, 6) is 2.18. The summed E-state index contributed by atoms with van der Waals surface area (Å²) in [5, 5.41) is 9.64. The Morgan fingerprint density at radius 2 is 1.97 bits per heavy atom. The number of rotatable bonds is 9. The fourth-order valence-electron chi connectivity index (χ4n) is 3.67. The van der Waals surface area contributed by atoms with E-state index in [0.29, 0.717) is 24.4 Å². The number of pyridine rings is 1. The molecule has 1 amide bonds. The Labute approximate surface area is 185 Å². The maximum Gasteiger partial charge on any atom is 0.233 e. The monoisotopic (exact) mass is 435 g/mol. The van der Waals surface area contributed by atoms with E-state index in [1.165, 1.54) is 11.8 Å². The molecular weight excluding hydrogens is 410 g/mol. The van der Waals surface area contributed by atoms with Crippen LogP contribution in [0.3, 0.4) is 0 Å². The fraction of sp³-hybridized carbons (Fsp3) is 0.391. The highest BCUT2D eigenvalue weighted by Crippen LogP contribution is 2.41. The predicted molar refractivity (Wildman–Crippen MR) is 119 cm³/mol. The number of methoxy groups -OCH3 is 1. The first-order valence-electron chi connectivity index (χ1n) is 10.6. The highest BCUT2D eigenvalue weighted by atomic mass is 32.2. The van der Waals surface area contributed by atoms with Crippen LogP contribution in [0.2, 0.25) is 0 Å². The van der Waals surface area contributed by atoms with Gasteiger partial charge in [0.25, 0.3) is 0 Å². The van der Waals surface area contributed by atoms with Crippen molar-refractivity contribution in [2.24, 2.45) is 0 Å². The molecule has 0 spiro atoms. The van der Waals surface area contributed by atoms with E-state index >= 15 is 0 Å². The topological polar surface area (TPSA) is 73.1 Å². The molecule has 0 saturated heterocycles. The zero-order valence-electron chi connectivity index (χ0n) is 17.5. The SMILES string of the molecule is COc1ccc(CN(C(=O)CSc2nnc(-c3cccnc3)n2C2CC2)C2CC2)cc1. The molecule has 0 aliphatic heterocycles. The molecule has 1 aromatic carbocycles. The summed E-state index contributed by atoms with van der Waals surface area (Å²) in [6, 6.07) is 12.6. The van der Waals surface area contributed by atoms with Gasteiger partial charge in [-0.15, -0.1) is 10.2 Å². The van der Waals surface area contributed by atoms with Crippen molar-refractivity contribution in [3.8, 4) is 17.1 Å². The van der Waals surface area contributed by atoms with Crippen LogP contribution < -0.4 is 4.74 Å². The number of amides is 1. The molecule has 2 aliphatic carbocycles. The third-order valence-electron chi connectivity index (χ3n) is 5.64. The number of aromatic nitrogens is 4. The molecule has 2 aliphatic rings. The minimum atomic E-state index is 0.150. The first-order chi connectivity index (χ1) is 15.2. The van der Waals surface area contributed by atoms with Crippen molar-refractivity contribution in [1.82, 2.24) is 24.6 Å². The van der Waals surface area contributed by atoms with E-state index in [1.54, 1.807) is 13.3 Å². The zero-order chi connectivity index (χ0) is 21.2. The van der Waals surface area contributed by atoms with Crippen molar-refractivity contribution in [2.45, 2.75) is 49.5 Å². The Morgan fingerprint density at radius 1 is 1.16 bits per heavy atom. The molecule has 8 heteroatoms. The van der Waals surface area contributed by atoms with Crippen LogP contribution in [0.1, 0.15) is 37.3 Å². The highest BCUT2D eigenvalue weighted by molar-refractivity contribution is 7.99. The molecule has 160 valence electrons. The van der Waals surface area contributed by atoms with Gasteiger partial charge in [-0.3, -0.25) is 14.3 Å². The smallest absolute Gasteiger partial charge is 0.233 e. The van der Waals surface area contributed by atoms with Crippen molar-refractivity contribution >= 4 is 17.7 Å². The Bertz CT molecular complexity index is 1050. The first-order valence-corrected chi connectivity index (χ1v) is 11.6. The van der Waals surface area contributed by atoms with Crippen LogP contribution in [0, 0.1) is 0 Å². The third-order valence-corrected chi connectivity index (χ3v) is 6.57. The molecule has 2 aromatic heterocycles. The largest absolute Gasteiger partial charge is 0.497 e. The number of hydrogen-bond donors (Lipinski definition) is 0. The first kappa shape index (κ1) is 20.1. The summed E-state index contributed by atoms with van der Waals surface area (Å²) in [5.41, 5.74) is 2.07. The second-order valence-electron chi connectivity index (χ2n) is 8.04. The average Bonchev–Trinajstić information content (AvgIpc) is 3.75. The lowest BCUT2D eigenvalue weighted by atomic mass is 10.2. The van der Waals surface area contributed by atoms with E-state index < -0.39 is 0 Å². The van der Waals surface area contributed by atoms with E-state index in [0.717, 1.165) is 53.5 Å². The normalized spacial score (nSPS) is 15.6. The lowest BCUT2D eigenvalue weighted by Gasteiger charge is -2.22. The molecule has 7 nitrogen and oxygen atoms in total. The Balaban J connectivity index is 1.28. The molecule has 2 heterocycles. The molecule has 31 heavy (non-hydrogen) atoms. The summed E-state index contributed by atoms with van der Waals surface area (Å²) in [6.45, 7) is 0.629. The van der Waals surface area contributed by atoms with Crippen molar-refractivity contribution in [3.05, 3.63) is 54.4 Å². The van der Waals surface area contributed by atoms with E-state index in [2.05, 4.69) is 19.7 Å². The number of ether oxygens (including phenoxy) is 1. The number of benzene rings is 1. The summed E-state index contributed by atoms with van der Waals surface area (Å²) >= 11 is 1.49. The fourth-order valence-corrected chi connectivity index (χ4v) is 4.56. The van der Waals surface area contributed by atoms with E-state index in [9.17, 15) is 4.79 Å². The molecule has 0 atom stereocenters. The van der Waals surface area contributed by atoms with Crippen LogP contribution in [0.25, 0.3) is 11.4 Å². The predicted octanol–water partition coefficient (Wildman–Crippen LogP) is 3.97. The van der Waals surface area contributed by atoms with Gasteiger partial charge in [0.2, 0.25) is 5.91 Å². The van der Waals surface area contributed by atoms with Crippen LogP contribution in [0.15, 0.2) is 53.9 Å². The van der Waals surface area contributed by atoms with E-state index in [-0.39, 0.29) is 5.91 Å². The number of thioether (sulfide) groups is 1. The quantitative estimate of drug-likeness (QED) is 0.474. The van der Waals surface area contributed by atoms with Crippen molar-refractivity contribution < 1.29 is 9.53 Å². The summed E-state index contributed by atoms with van der Waals surface area (Å²) in [6.07, 6.45) is 7.97. The third kappa shape index (κ3) is 4.58. The lowest BCUT2D eigenvalue weighted by molar-refractivity contribution is -0.129.